The fourth-order valence-corrected chi connectivity index (χ4v) is 1.81. The van der Waals surface area contributed by atoms with Crippen molar-refractivity contribution in [3.8, 4) is 0 Å². The lowest BCUT2D eigenvalue weighted by Gasteiger charge is -2.07. The van der Waals surface area contributed by atoms with Gasteiger partial charge in [0.1, 0.15) is 0 Å². The van der Waals surface area contributed by atoms with Crippen molar-refractivity contribution in [3.63, 3.8) is 0 Å². The summed E-state index contributed by atoms with van der Waals surface area (Å²) in [5.41, 5.74) is 4.12. The molecule has 0 spiro atoms. The maximum atomic E-state index is 12.6. The number of hydrogen-bond donors (Lipinski definition) is 2. The molecule has 0 unspecified atom stereocenters. The maximum absolute atomic E-state index is 12.6. The summed E-state index contributed by atoms with van der Waals surface area (Å²) < 4.78 is 37.8. The van der Waals surface area contributed by atoms with Crippen molar-refractivity contribution in [3.05, 3.63) is 77.4 Å². The van der Waals surface area contributed by atoms with Crippen molar-refractivity contribution >= 4 is 17.9 Å². The highest BCUT2D eigenvalue weighted by Gasteiger charge is 2.30. The van der Waals surface area contributed by atoms with Gasteiger partial charge >= 0.3 is 6.18 Å². The van der Waals surface area contributed by atoms with Crippen LogP contribution < -0.4 is 10.9 Å². The molecule has 124 valence electrons. The average Bonchev–Trinajstić information content (AvgIpc) is 2.58. The Balaban J connectivity index is 1.93. The number of halogens is 3. The van der Waals surface area contributed by atoms with E-state index in [4.69, 9.17) is 0 Å². The van der Waals surface area contributed by atoms with E-state index in [0.29, 0.717) is 5.56 Å². The van der Waals surface area contributed by atoms with Gasteiger partial charge in [-0.3, -0.25) is 20.4 Å². The predicted molar refractivity (Wildman–Crippen MR) is 82.5 cm³/mol. The minimum Gasteiger partial charge on any atom is -0.268 e. The molecule has 7 heteroatoms. The lowest BCUT2D eigenvalue weighted by Crippen LogP contribution is -2.40. The number of rotatable bonds is 3. The Morgan fingerprint density at radius 1 is 0.917 bits per heavy atom. The van der Waals surface area contributed by atoms with Gasteiger partial charge in [-0.05, 0) is 35.9 Å². The summed E-state index contributed by atoms with van der Waals surface area (Å²) in [5, 5.41) is 0. The predicted octanol–water partition coefficient (Wildman–Crippen LogP) is 3.18. The number of nitrogens with one attached hydrogen (secondary N) is 2. The molecule has 0 aliphatic rings. The molecule has 0 heterocycles. The third-order valence-electron chi connectivity index (χ3n) is 2.98. The molecule has 0 atom stereocenters. The molecule has 0 aromatic heterocycles. The number of hydrazine groups is 1. The highest BCUT2D eigenvalue weighted by atomic mass is 19.4. The van der Waals surface area contributed by atoms with Crippen LogP contribution in [0, 0.1) is 0 Å². The zero-order chi connectivity index (χ0) is 17.6. The van der Waals surface area contributed by atoms with Crippen LogP contribution in [0.15, 0.2) is 60.7 Å². The molecular formula is C17H13F3N2O2. The van der Waals surface area contributed by atoms with Gasteiger partial charge in [0.2, 0.25) is 0 Å². The van der Waals surface area contributed by atoms with Crippen molar-refractivity contribution < 1.29 is 22.8 Å². The summed E-state index contributed by atoms with van der Waals surface area (Å²) in [7, 11) is 0. The molecule has 0 bridgehead atoms. The van der Waals surface area contributed by atoms with E-state index >= 15 is 0 Å². The first-order chi connectivity index (χ1) is 11.4. The largest absolute Gasteiger partial charge is 0.416 e. The Bertz CT molecular complexity index is 756. The second-order valence-electron chi connectivity index (χ2n) is 4.77. The summed E-state index contributed by atoms with van der Waals surface area (Å²) in [6.45, 7) is 0. The lowest BCUT2D eigenvalue weighted by atomic mass is 10.1. The van der Waals surface area contributed by atoms with E-state index in [1.165, 1.54) is 18.2 Å². The molecule has 0 fully saturated rings. The van der Waals surface area contributed by atoms with Crippen molar-refractivity contribution in [1.29, 1.82) is 0 Å². The number of hydrogen-bond acceptors (Lipinski definition) is 2. The molecule has 0 aliphatic heterocycles. The summed E-state index contributed by atoms with van der Waals surface area (Å²) in [5.74, 6) is -1.17. The highest BCUT2D eigenvalue weighted by molar-refractivity contribution is 5.97. The van der Waals surface area contributed by atoms with E-state index in [0.717, 1.165) is 18.2 Å². The first kappa shape index (κ1) is 17.3. The topological polar surface area (TPSA) is 58.2 Å². The molecule has 2 N–H and O–H groups in total. The molecule has 2 aromatic carbocycles. The first-order valence-electron chi connectivity index (χ1n) is 6.87. The second kappa shape index (κ2) is 7.45. The summed E-state index contributed by atoms with van der Waals surface area (Å²) in [4.78, 5) is 23.3. The third kappa shape index (κ3) is 4.98. The van der Waals surface area contributed by atoms with Crippen LogP contribution in [0.5, 0.6) is 0 Å². The van der Waals surface area contributed by atoms with Gasteiger partial charge in [-0.2, -0.15) is 13.2 Å². The van der Waals surface area contributed by atoms with Crippen molar-refractivity contribution in [1.82, 2.24) is 10.9 Å². The second-order valence-corrected chi connectivity index (χ2v) is 4.77. The highest BCUT2D eigenvalue weighted by Crippen LogP contribution is 2.29. The Labute approximate surface area is 136 Å². The molecule has 0 radical (unpaired) electrons. The van der Waals surface area contributed by atoms with E-state index in [-0.39, 0.29) is 5.56 Å². The summed E-state index contributed by atoms with van der Waals surface area (Å²) in [6.07, 6.45) is -2.20. The van der Waals surface area contributed by atoms with Crippen LogP contribution in [0.4, 0.5) is 13.2 Å². The van der Waals surface area contributed by atoms with E-state index in [2.05, 4.69) is 10.9 Å². The summed E-state index contributed by atoms with van der Waals surface area (Å²) in [6, 6.07) is 12.8. The van der Waals surface area contributed by atoms with Gasteiger partial charge < -0.3 is 0 Å². The van der Waals surface area contributed by atoms with E-state index < -0.39 is 23.6 Å². The molecule has 0 saturated heterocycles. The molecule has 24 heavy (non-hydrogen) atoms. The van der Waals surface area contributed by atoms with Crippen LogP contribution in [0.1, 0.15) is 21.5 Å². The number of carbonyl (C=O) groups excluding carboxylic acids is 2. The smallest absolute Gasteiger partial charge is 0.268 e. The van der Waals surface area contributed by atoms with Gasteiger partial charge in [0, 0.05) is 11.6 Å². The monoisotopic (exact) mass is 334 g/mol. The summed E-state index contributed by atoms with van der Waals surface area (Å²) >= 11 is 0. The standard InChI is InChI=1S/C17H13F3N2O2/c18-17(19,20)14-8-4-5-12(11-14)9-10-15(23)21-22-16(24)13-6-2-1-3-7-13/h1-11H,(H,21,23)(H,22,24)/b10-9+. The molecule has 4 nitrogen and oxygen atoms in total. The Morgan fingerprint density at radius 3 is 2.29 bits per heavy atom. The number of amides is 2. The fraction of sp³-hybridized carbons (Fsp3) is 0.0588. The van der Waals surface area contributed by atoms with Crippen LogP contribution in [-0.2, 0) is 11.0 Å². The SMILES string of the molecule is O=C(/C=C/c1cccc(C(F)(F)F)c1)NNC(=O)c1ccccc1. The Hall–Kier alpha value is -3.09. The quantitative estimate of drug-likeness (QED) is 0.669. The van der Waals surface area contributed by atoms with Crippen LogP contribution >= 0.6 is 0 Å². The average molecular weight is 334 g/mol. The maximum Gasteiger partial charge on any atom is 0.416 e. The molecular weight excluding hydrogens is 321 g/mol. The van der Waals surface area contributed by atoms with Gasteiger partial charge in [0.15, 0.2) is 0 Å². The Kier molecular flexibility index (Phi) is 5.36. The Morgan fingerprint density at radius 2 is 1.62 bits per heavy atom. The van der Waals surface area contributed by atoms with Gasteiger partial charge in [0.05, 0.1) is 5.56 Å². The van der Waals surface area contributed by atoms with Crippen LogP contribution in [0.25, 0.3) is 6.08 Å². The van der Waals surface area contributed by atoms with Crippen molar-refractivity contribution in [2.75, 3.05) is 0 Å². The molecule has 2 aromatic rings. The molecule has 2 amide bonds. The number of alkyl halides is 3. The van der Waals surface area contributed by atoms with E-state index in [1.54, 1.807) is 30.3 Å². The molecule has 0 aliphatic carbocycles. The number of benzene rings is 2. The normalized spacial score (nSPS) is 11.3. The minimum absolute atomic E-state index is 0.217. The minimum atomic E-state index is -4.45. The van der Waals surface area contributed by atoms with Crippen LogP contribution in [-0.4, -0.2) is 11.8 Å². The van der Waals surface area contributed by atoms with Crippen molar-refractivity contribution in [2.24, 2.45) is 0 Å². The first-order valence-corrected chi connectivity index (χ1v) is 6.87. The van der Waals surface area contributed by atoms with Crippen molar-refractivity contribution in [2.45, 2.75) is 6.18 Å². The van der Waals surface area contributed by atoms with Gasteiger partial charge in [-0.15, -0.1) is 0 Å². The molecule has 2 rings (SSSR count). The van der Waals surface area contributed by atoms with Gasteiger partial charge in [0.25, 0.3) is 11.8 Å². The third-order valence-corrected chi connectivity index (χ3v) is 2.98. The van der Waals surface area contributed by atoms with Crippen LogP contribution in [0.2, 0.25) is 0 Å². The van der Waals surface area contributed by atoms with Gasteiger partial charge in [-0.25, -0.2) is 0 Å². The van der Waals surface area contributed by atoms with E-state index in [1.807, 2.05) is 0 Å². The zero-order valence-corrected chi connectivity index (χ0v) is 12.3. The van der Waals surface area contributed by atoms with E-state index in [9.17, 15) is 22.8 Å². The molecule has 0 saturated carbocycles. The zero-order valence-electron chi connectivity index (χ0n) is 12.3. The number of carbonyl (C=O) groups is 2. The fourth-order valence-electron chi connectivity index (χ4n) is 1.81. The van der Waals surface area contributed by atoms with Crippen LogP contribution in [0.3, 0.4) is 0 Å². The lowest BCUT2D eigenvalue weighted by molar-refractivity contribution is -0.137. The van der Waals surface area contributed by atoms with Gasteiger partial charge in [-0.1, -0.05) is 30.3 Å².